The fourth-order valence-corrected chi connectivity index (χ4v) is 2.70. The maximum absolute atomic E-state index is 11.2. The van der Waals surface area contributed by atoms with Gasteiger partial charge in [0.05, 0.1) is 0 Å². The molecular weight excluding hydrogens is 188 g/mol. The number of hydrogen-bond donors (Lipinski definition) is 0. The molecule has 1 atom stereocenters. The summed E-state index contributed by atoms with van der Waals surface area (Å²) in [6.07, 6.45) is 3.81. The van der Waals surface area contributed by atoms with Crippen molar-refractivity contribution in [2.45, 2.75) is 44.7 Å². The molecule has 0 bridgehead atoms. The van der Waals surface area contributed by atoms with E-state index in [1.807, 2.05) is 0 Å². The normalized spacial score (nSPS) is 32.1. The number of likely N-dealkylation sites (N-methyl/N-ethyl adjacent to an activating group) is 1. The van der Waals surface area contributed by atoms with E-state index in [2.05, 4.69) is 23.8 Å². The van der Waals surface area contributed by atoms with E-state index in [-0.39, 0.29) is 0 Å². The molecule has 3 nitrogen and oxygen atoms in total. The van der Waals surface area contributed by atoms with Crippen molar-refractivity contribution in [1.82, 2.24) is 9.80 Å². The van der Waals surface area contributed by atoms with Crippen molar-refractivity contribution in [2.24, 2.45) is 0 Å². The van der Waals surface area contributed by atoms with Gasteiger partial charge in [-0.1, -0.05) is 0 Å². The molecule has 2 rings (SSSR count). The number of Topliss-reactive ketones (excluding diaryl/α,β-unsaturated/α-hetero) is 1. The maximum atomic E-state index is 11.2. The van der Waals surface area contributed by atoms with Gasteiger partial charge < -0.3 is 4.90 Å². The Balaban J connectivity index is 1.86. The molecule has 86 valence electrons. The van der Waals surface area contributed by atoms with Crippen molar-refractivity contribution in [3.05, 3.63) is 0 Å². The molecule has 1 heterocycles. The molecular formula is C12H22N2O. The van der Waals surface area contributed by atoms with Gasteiger partial charge in [-0.2, -0.15) is 0 Å². The smallest absolute Gasteiger partial charge is 0.133 e. The van der Waals surface area contributed by atoms with E-state index in [0.717, 1.165) is 25.7 Å². The summed E-state index contributed by atoms with van der Waals surface area (Å²) >= 11 is 0. The first-order chi connectivity index (χ1) is 7.16. The van der Waals surface area contributed by atoms with Gasteiger partial charge in [-0.25, -0.2) is 0 Å². The summed E-state index contributed by atoms with van der Waals surface area (Å²) in [5, 5.41) is 0. The van der Waals surface area contributed by atoms with Gasteiger partial charge in [0.15, 0.2) is 0 Å². The second-order valence-electron chi connectivity index (χ2n) is 5.09. The molecule has 15 heavy (non-hydrogen) atoms. The minimum absolute atomic E-state index is 0.466. The number of hydrogen-bond acceptors (Lipinski definition) is 3. The predicted octanol–water partition coefficient (Wildman–Crippen LogP) is 1.13. The lowest BCUT2D eigenvalue weighted by Crippen LogP contribution is -2.54. The summed E-state index contributed by atoms with van der Waals surface area (Å²) < 4.78 is 0. The summed E-state index contributed by atoms with van der Waals surface area (Å²) in [4.78, 5) is 16.2. The highest BCUT2D eigenvalue weighted by Crippen LogP contribution is 2.22. The van der Waals surface area contributed by atoms with E-state index in [0.29, 0.717) is 17.9 Å². The molecule has 0 N–H and O–H groups in total. The van der Waals surface area contributed by atoms with Crippen molar-refractivity contribution in [3.63, 3.8) is 0 Å². The number of piperazine rings is 1. The van der Waals surface area contributed by atoms with Crippen LogP contribution in [0.1, 0.15) is 32.6 Å². The SMILES string of the molecule is CC1CN(C2CCC(=O)CC2)CCN1C. The molecule has 0 amide bonds. The highest BCUT2D eigenvalue weighted by molar-refractivity contribution is 5.79. The molecule has 1 aliphatic heterocycles. The second kappa shape index (κ2) is 4.62. The fraction of sp³-hybridized carbons (Fsp3) is 0.917. The maximum Gasteiger partial charge on any atom is 0.133 e. The van der Waals surface area contributed by atoms with Gasteiger partial charge in [0, 0.05) is 44.6 Å². The molecule has 1 aliphatic carbocycles. The molecule has 0 radical (unpaired) electrons. The van der Waals surface area contributed by atoms with E-state index >= 15 is 0 Å². The van der Waals surface area contributed by atoms with E-state index in [4.69, 9.17) is 0 Å². The summed E-state index contributed by atoms with van der Waals surface area (Å²) in [6.45, 7) is 5.82. The second-order valence-corrected chi connectivity index (χ2v) is 5.09. The third-order valence-electron chi connectivity index (χ3n) is 4.02. The van der Waals surface area contributed by atoms with Crippen molar-refractivity contribution in [1.29, 1.82) is 0 Å². The van der Waals surface area contributed by atoms with E-state index < -0.39 is 0 Å². The zero-order valence-corrected chi connectivity index (χ0v) is 9.91. The predicted molar refractivity (Wildman–Crippen MR) is 60.9 cm³/mol. The zero-order valence-electron chi connectivity index (χ0n) is 9.91. The fourth-order valence-electron chi connectivity index (χ4n) is 2.70. The quantitative estimate of drug-likeness (QED) is 0.648. The average Bonchev–Trinajstić information content (AvgIpc) is 2.23. The lowest BCUT2D eigenvalue weighted by atomic mass is 9.92. The van der Waals surface area contributed by atoms with Crippen LogP contribution in [0.5, 0.6) is 0 Å². The van der Waals surface area contributed by atoms with E-state index in [1.54, 1.807) is 0 Å². The Bertz CT molecular complexity index is 232. The molecule has 1 saturated heterocycles. The first-order valence-electron chi connectivity index (χ1n) is 6.13. The summed E-state index contributed by atoms with van der Waals surface area (Å²) in [7, 11) is 2.20. The van der Waals surface area contributed by atoms with Crippen molar-refractivity contribution in [2.75, 3.05) is 26.7 Å². The van der Waals surface area contributed by atoms with Crippen molar-refractivity contribution >= 4 is 5.78 Å². The average molecular weight is 210 g/mol. The third kappa shape index (κ3) is 2.58. The van der Waals surface area contributed by atoms with Crippen LogP contribution in [0, 0.1) is 0 Å². The Kier molecular flexibility index (Phi) is 3.42. The van der Waals surface area contributed by atoms with E-state index in [1.165, 1.54) is 19.6 Å². The summed E-state index contributed by atoms with van der Waals surface area (Å²) in [5.74, 6) is 0.466. The molecule has 2 aliphatic rings. The third-order valence-corrected chi connectivity index (χ3v) is 4.02. The van der Waals surface area contributed by atoms with Crippen molar-refractivity contribution in [3.8, 4) is 0 Å². The highest BCUT2D eigenvalue weighted by Gasteiger charge is 2.28. The van der Waals surface area contributed by atoms with Gasteiger partial charge in [0.1, 0.15) is 5.78 Å². The standard InChI is InChI=1S/C12H22N2O/c1-10-9-14(8-7-13(10)2)11-3-5-12(15)6-4-11/h10-11H,3-9H2,1-2H3. The Morgan fingerprint density at radius 1 is 1.20 bits per heavy atom. The molecule has 0 aromatic carbocycles. The van der Waals surface area contributed by atoms with Crippen LogP contribution in [0.2, 0.25) is 0 Å². The minimum Gasteiger partial charge on any atom is -0.301 e. The van der Waals surface area contributed by atoms with Crippen LogP contribution in [-0.4, -0.2) is 54.3 Å². The van der Waals surface area contributed by atoms with Crippen LogP contribution in [0.25, 0.3) is 0 Å². The monoisotopic (exact) mass is 210 g/mol. The van der Waals surface area contributed by atoms with Gasteiger partial charge in [-0.05, 0) is 26.8 Å². The van der Waals surface area contributed by atoms with Gasteiger partial charge in [-0.15, -0.1) is 0 Å². The van der Waals surface area contributed by atoms with Gasteiger partial charge >= 0.3 is 0 Å². The Morgan fingerprint density at radius 3 is 2.47 bits per heavy atom. The van der Waals surface area contributed by atoms with Crippen LogP contribution < -0.4 is 0 Å². The lowest BCUT2D eigenvalue weighted by molar-refractivity contribution is -0.121. The number of carbonyl (C=O) groups is 1. The molecule has 1 saturated carbocycles. The van der Waals surface area contributed by atoms with Crippen LogP contribution in [0.3, 0.4) is 0 Å². The number of rotatable bonds is 1. The topological polar surface area (TPSA) is 23.6 Å². The largest absolute Gasteiger partial charge is 0.301 e. The van der Waals surface area contributed by atoms with Crippen LogP contribution in [-0.2, 0) is 4.79 Å². The molecule has 1 unspecified atom stereocenters. The Labute approximate surface area is 92.4 Å². The number of nitrogens with zero attached hydrogens (tertiary/aromatic N) is 2. The number of ketones is 1. The van der Waals surface area contributed by atoms with Crippen LogP contribution in [0.15, 0.2) is 0 Å². The molecule has 2 fully saturated rings. The van der Waals surface area contributed by atoms with Gasteiger partial charge in [-0.3, -0.25) is 9.69 Å². The molecule has 0 aromatic rings. The first-order valence-corrected chi connectivity index (χ1v) is 6.13. The highest BCUT2D eigenvalue weighted by atomic mass is 16.1. The minimum atomic E-state index is 0.466. The molecule has 0 aromatic heterocycles. The first kappa shape index (κ1) is 11.1. The molecule has 3 heteroatoms. The summed E-state index contributed by atoms with van der Waals surface area (Å²) in [5.41, 5.74) is 0. The van der Waals surface area contributed by atoms with E-state index in [9.17, 15) is 4.79 Å². The lowest BCUT2D eigenvalue weighted by Gasteiger charge is -2.42. The van der Waals surface area contributed by atoms with Crippen LogP contribution >= 0.6 is 0 Å². The van der Waals surface area contributed by atoms with Gasteiger partial charge in [0.25, 0.3) is 0 Å². The molecule has 0 spiro atoms. The Morgan fingerprint density at radius 2 is 1.87 bits per heavy atom. The van der Waals surface area contributed by atoms with Crippen LogP contribution in [0.4, 0.5) is 0 Å². The zero-order chi connectivity index (χ0) is 10.8. The Hall–Kier alpha value is -0.410. The summed E-state index contributed by atoms with van der Waals surface area (Å²) in [6, 6.07) is 1.34. The van der Waals surface area contributed by atoms with Crippen molar-refractivity contribution < 1.29 is 4.79 Å². The number of carbonyl (C=O) groups excluding carboxylic acids is 1. The van der Waals surface area contributed by atoms with Gasteiger partial charge in [0.2, 0.25) is 0 Å².